The first kappa shape index (κ1) is 10.9. The number of nitrogens with one attached hydrogen (secondary N) is 1. The first-order valence-corrected chi connectivity index (χ1v) is 5.46. The Morgan fingerprint density at radius 1 is 1.25 bits per heavy atom. The summed E-state index contributed by atoms with van der Waals surface area (Å²) in [6, 6.07) is 8.94. The molecule has 3 nitrogen and oxygen atoms in total. The van der Waals surface area contributed by atoms with Crippen LogP contribution in [0.15, 0.2) is 42.5 Å². The van der Waals surface area contributed by atoms with Gasteiger partial charge in [0, 0.05) is 6.04 Å². The standard InChI is InChI=1S/C13H15NO2/c15-13(16)12(10-6-2-1-3-7-10)14-11-8-4-5-9-11/h1-7,11-12,14H,8-9H2,(H,15,16). The van der Waals surface area contributed by atoms with Crippen LogP contribution in [0.3, 0.4) is 0 Å². The van der Waals surface area contributed by atoms with Gasteiger partial charge < -0.3 is 5.11 Å². The summed E-state index contributed by atoms with van der Waals surface area (Å²) in [5, 5.41) is 12.4. The Hall–Kier alpha value is -1.61. The topological polar surface area (TPSA) is 49.3 Å². The molecule has 2 N–H and O–H groups in total. The van der Waals surface area contributed by atoms with Crippen LogP contribution in [0.2, 0.25) is 0 Å². The highest BCUT2D eigenvalue weighted by atomic mass is 16.4. The van der Waals surface area contributed by atoms with Crippen molar-refractivity contribution < 1.29 is 9.90 Å². The van der Waals surface area contributed by atoms with Gasteiger partial charge in [-0.2, -0.15) is 0 Å². The molecule has 0 bridgehead atoms. The number of carbonyl (C=O) groups is 1. The molecule has 0 spiro atoms. The molecule has 1 aliphatic carbocycles. The summed E-state index contributed by atoms with van der Waals surface area (Å²) in [5.74, 6) is -0.821. The quantitative estimate of drug-likeness (QED) is 0.759. The fourth-order valence-corrected chi connectivity index (χ4v) is 1.94. The molecule has 0 amide bonds. The van der Waals surface area contributed by atoms with Crippen LogP contribution in [0, 0.1) is 0 Å². The van der Waals surface area contributed by atoms with Gasteiger partial charge in [-0.15, -0.1) is 0 Å². The van der Waals surface area contributed by atoms with Gasteiger partial charge in [0.2, 0.25) is 0 Å². The van der Waals surface area contributed by atoms with E-state index in [1.165, 1.54) is 0 Å². The summed E-state index contributed by atoms with van der Waals surface area (Å²) >= 11 is 0. The van der Waals surface area contributed by atoms with Gasteiger partial charge in [0.25, 0.3) is 0 Å². The van der Waals surface area contributed by atoms with Crippen molar-refractivity contribution in [2.45, 2.75) is 24.9 Å². The molecule has 16 heavy (non-hydrogen) atoms. The number of benzene rings is 1. The minimum Gasteiger partial charge on any atom is -0.480 e. The number of carboxylic acids is 1. The molecule has 0 aliphatic heterocycles. The van der Waals surface area contributed by atoms with Crippen molar-refractivity contribution in [2.75, 3.05) is 0 Å². The van der Waals surface area contributed by atoms with Crippen LogP contribution in [0.5, 0.6) is 0 Å². The molecule has 1 aromatic carbocycles. The minimum absolute atomic E-state index is 0.251. The average molecular weight is 217 g/mol. The lowest BCUT2D eigenvalue weighted by Crippen LogP contribution is -2.35. The van der Waals surface area contributed by atoms with Crippen molar-refractivity contribution in [3.63, 3.8) is 0 Å². The number of hydrogen-bond acceptors (Lipinski definition) is 2. The normalized spacial score (nSPS) is 17.5. The van der Waals surface area contributed by atoms with Crippen LogP contribution in [0.4, 0.5) is 0 Å². The Balaban J connectivity index is 2.08. The molecule has 0 radical (unpaired) electrons. The molecular weight excluding hydrogens is 202 g/mol. The summed E-state index contributed by atoms with van der Waals surface area (Å²) in [7, 11) is 0. The molecular formula is C13H15NO2. The summed E-state index contributed by atoms with van der Waals surface area (Å²) in [5.41, 5.74) is 0.807. The molecule has 0 saturated carbocycles. The van der Waals surface area contributed by atoms with Crippen LogP contribution < -0.4 is 5.32 Å². The van der Waals surface area contributed by atoms with Gasteiger partial charge >= 0.3 is 5.97 Å². The van der Waals surface area contributed by atoms with E-state index >= 15 is 0 Å². The molecule has 2 rings (SSSR count). The van der Waals surface area contributed by atoms with Crippen LogP contribution in [0.1, 0.15) is 24.4 Å². The van der Waals surface area contributed by atoms with Crippen molar-refractivity contribution in [1.82, 2.24) is 5.32 Å². The zero-order valence-corrected chi connectivity index (χ0v) is 8.97. The molecule has 1 aliphatic rings. The lowest BCUT2D eigenvalue weighted by molar-refractivity contribution is -0.139. The molecule has 0 aromatic heterocycles. The Labute approximate surface area is 94.8 Å². The van der Waals surface area contributed by atoms with E-state index in [0.717, 1.165) is 18.4 Å². The first-order chi connectivity index (χ1) is 7.77. The predicted octanol–water partition coefficient (Wildman–Crippen LogP) is 2.12. The van der Waals surface area contributed by atoms with Gasteiger partial charge in [-0.1, -0.05) is 42.5 Å². The Bertz CT molecular complexity index is 378. The second-order valence-corrected chi connectivity index (χ2v) is 3.99. The smallest absolute Gasteiger partial charge is 0.325 e. The maximum absolute atomic E-state index is 11.2. The average Bonchev–Trinajstić information content (AvgIpc) is 2.79. The second-order valence-electron chi connectivity index (χ2n) is 3.99. The maximum Gasteiger partial charge on any atom is 0.325 e. The van der Waals surface area contributed by atoms with Gasteiger partial charge in [0.15, 0.2) is 0 Å². The fourth-order valence-electron chi connectivity index (χ4n) is 1.94. The lowest BCUT2D eigenvalue weighted by atomic mass is 10.1. The summed E-state index contributed by atoms with van der Waals surface area (Å²) < 4.78 is 0. The molecule has 84 valence electrons. The third-order valence-electron chi connectivity index (χ3n) is 2.79. The van der Waals surface area contributed by atoms with Crippen LogP contribution in [-0.4, -0.2) is 17.1 Å². The number of carboxylic acid groups (broad SMARTS) is 1. The Morgan fingerprint density at radius 3 is 2.44 bits per heavy atom. The lowest BCUT2D eigenvalue weighted by Gasteiger charge is -2.19. The van der Waals surface area contributed by atoms with Gasteiger partial charge in [0.05, 0.1) is 0 Å². The summed E-state index contributed by atoms with van der Waals surface area (Å²) in [6.45, 7) is 0. The molecule has 1 unspecified atom stereocenters. The highest BCUT2D eigenvalue weighted by molar-refractivity contribution is 5.75. The predicted molar refractivity (Wildman–Crippen MR) is 62.1 cm³/mol. The third kappa shape index (κ3) is 2.49. The summed E-state index contributed by atoms with van der Waals surface area (Å²) in [6.07, 6.45) is 6.00. The Kier molecular flexibility index (Phi) is 3.37. The zero-order valence-electron chi connectivity index (χ0n) is 8.97. The van der Waals surface area contributed by atoms with E-state index in [1.54, 1.807) is 0 Å². The van der Waals surface area contributed by atoms with Gasteiger partial charge in [-0.25, -0.2) is 0 Å². The van der Waals surface area contributed by atoms with E-state index in [9.17, 15) is 9.90 Å². The molecule has 0 heterocycles. The SMILES string of the molecule is O=C(O)C(NC1CC=CC1)c1ccccc1. The number of hydrogen-bond donors (Lipinski definition) is 2. The molecule has 0 fully saturated rings. The third-order valence-corrected chi connectivity index (χ3v) is 2.79. The zero-order chi connectivity index (χ0) is 11.4. The molecule has 1 atom stereocenters. The van der Waals surface area contributed by atoms with Crippen LogP contribution in [-0.2, 0) is 4.79 Å². The second kappa shape index (κ2) is 4.94. The maximum atomic E-state index is 11.2. The van der Waals surface area contributed by atoms with Crippen LogP contribution in [0.25, 0.3) is 0 Å². The molecule has 0 saturated heterocycles. The van der Waals surface area contributed by atoms with Crippen molar-refractivity contribution in [3.8, 4) is 0 Å². The largest absolute Gasteiger partial charge is 0.480 e. The first-order valence-electron chi connectivity index (χ1n) is 5.46. The molecule has 3 heteroatoms. The minimum atomic E-state index is -0.821. The van der Waals surface area contributed by atoms with Crippen molar-refractivity contribution in [2.24, 2.45) is 0 Å². The number of aliphatic carboxylic acids is 1. The number of rotatable bonds is 4. The summed E-state index contributed by atoms with van der Waals surface area (Å²) in [4.78, 5) is 11.2. The van der Waals surface area contributed by atoms with E-state index in [-0.39, 0.29) is 6.04 Å². The van der Waals surface area contributed by atoms with E-state index in [2.05, 4.69) is 17.5 Å². The van der Waals surface area contributed by atoms with Crippen molar-refractivity contribution in [3.05, 3.63) is 48.0 Å². The van der Waals surface area contributed by atoms with Gasteiger partial charge in [0.1, 0.15) is 6.04 Å². The van der Waals surface area contributed by atoms with E-state index in [4.69, 9.17) is 0 Å². The van der Waals surface area contributed by atoms with E-state index < -0.39 is 12.0 Å². The monoisotopic (exact) mass is 217 g/mol. The van der Waals surface area contributed by atoms with Crippen molar-refractivity contribution >= 4 is 5.97 Å². The Morgan fingerprint density at radius 2 is 1.88 bits per heavy atom. The van der Waals surface area contributed by atoms with Crippen LogP contribution >= 0.6 is 0 Å². The highest BCUT2D eigenvalue weighted by Crippen LogP contribution is 2.18. The van der Waals surface area contributed by atoms with E-state index in [1.807, 2.05) is 30.3 Å². The van der Waals surface area contributed by atoms with Gasteiger partial charge in [-0.05, 0) is 18.4 Å². The van der Waals surface area contributed by atoms with Gasteiger partial charge in [-0.3, -0.25) is 10.1 Å². The molecule has 1 aromatic rings. The van der Waals surface area contributed by atoms with Crippen molar-refractivity contribution in [1.29, 1.82) is 0 Å². The fraction of sp³-hybridized carbons (Fsp3) is 0.308. The van der Waals surface area contributed by atoms with E-state index in [0.29, 0.717) is 0 Å². The highest BCUT2D eigenvalue weighted by Gasteiger charge is 2.23.